The molecule has 0 spiro atoms. The van der Waals surface area contributed by atoms with Crippen molar-refractivity contribution in [2.45, 2.75) is 0 Å². The summed E-state index contributed by atoms with van der Waals surface area (Å²) >= 11 is 0. The molecular formula is C40H28N2. The first-order chi connectivity index (χ1) is 20.8. The summed E-state index contributed by atoms with van der Waals surface area (Å²) < 4.78 is 0. The van der Waals surface area contributed by atoms with E-state index in [1.165, 1.54) is 48.8 Å². The summed E-state index contributed by atoms with van der Waals surface area (Å²) in [6.45, 7) is 0. The number of nitrogens with zero attached hydrogens (tertiary/aromatic N) is 1. The summed E-state index contributed by atoms with van der Waals surface area (Å²) in [6.07, 6.45) is 0. The Hall–Kier alpha value is -5.60. The highest BCUT2D eigenvalue weighted by Gasteiger charge is 2.17. The minimum absolute atomic E-state index is 1.09. The van der Waals surface area contributed by atoms with E-state index < -0.39 is 0 Å². The number of rotatable bonds is 5. The van der Waals surface area contributed by atoms with Crippen molar-refractivity contribution in [3.05, 3.63) is 164 Å². The topological polar surface area (TPSA) is 15.3 Å². The number of anilines is 5. The highest BCUT2D eigenvalue weighted by Crippen LogP contribution is 2.43. The van der Waals surface area contributed by atoms with Crippen LogP contribution in [0.25, 0.3) is 43.1 Å². The Labute approximate surface area is 245 Å². The lowest BCUT2D eigenvalue weighted by molar-refractivity contribution is 1.31. The predicted molar refractivity (Wildman–Crippen MR) is 181 cm³/mol. The molecule has 198 valence electrons. The fraction of sp³-hybridized carbons (Fsp3) is 0. The van der Waals surface area contributed by atoms with E-state index in [0.717, 1.165) is 22.7 Å². The standard InChI is InChI=1S/C40H28N2/c1-3-12-31(13-4-1)41-32-21-23-36-29(25-32)19-20-30-26-34(22-24-37(30)36)42(33-14-5-2-6-15-33)40-27-28-11-7-8-16-35(28)38-17-9-10-18-39(38)40/h1-27,41H. The summed E-state index contributed by atoms with van der Waals surface area (Å²) in [5.74, 6) is 0. The third-order valence-electron chi connectivity index (χ3n) is 8.14. The number of benzene rings is 8. The van der Waals surface area contributed by atoms with E-state index in [9.17, 15) is 0 Å². The van der Waals surface area contributed by atoms with Gasteiger partial charge in [0.1, 0.15) is 0 Å². The lowest BCUT2D eigenvalue weighted by atomic mass is 9.98. The Balaban J connectivity index is 1.29. The second-order valence-corrected chi connectivity index (χ2v) is 10.7. The van der Waals surface area contributed by atoms with Crippen LogP contribution in [-0.4, -0.2) is 0 Å². The van der Waals surface area contributed by atoms with Crippen molar-refractivity contribution >= 4 is 71.5 Å². The zero-order chi connectivity index (χ0) is 27.9. The molecule has 2 nitrogen and oxygen atoms in total. The van der Waals surface area contributed by atoms with Gasteiger partial charge in [0.25, 0.3) is 0 Å². The van der Waals surface area contributed by atoms with Gasteiger partial charge in [0, 0.05) is 28.1 Å². The third-order valence-corrected chi connectivity index (χ3v) is 8.14. The van der Waals surface area contributed by atoms with Crippen LogP contribution in [-0.2, 0) is 0 Å². The van der Waals surface area contributed by atoms with E-state index in [-0.39, 0.29) is 0 Å². The molecule has 0 aliphatic carbocycles. The number of para-hydroxylation sites is 2. The molecular weight excluding hydrogens is 508 g/mol. The first-order valence-electron chi connectivity index (χ1n) is 14.4. The van der Waals surface area contributed by atoms with E-state index in [0.29, 0.717) is 0 Å². The van der Waals surface area contributed by atoms with E-state index in [4.69, 9.17) is 0 Å². The Kier molecular flexibility index (Phi) is 5.82. The zero-order valence-corrected chi connectivity index (χ0v) is 23.0. The van der Waals surface area contributed by atoms with Gasteiger partial charge in [0.05, 0.1) is 5.69 Å². The van der Waals surface area contributed by atoms with Crippen LogP contribution < -0.4 is 10.2 Å². The minimum atomic E-state index is 1.09. The molecule has 0 bridgehead atoms. The van der Waals surface area contributed by atoms with Gasteiger partial charge in [-0.2, -0.15) is 0 Å². The van der Waals surface area contributed by atoms with Gasteiger partial charge in [-0.05, 0) is 92.3 Å². The van der Waals surface area contributed by atoms with Crippen LogP contribution in [0.2, 0.25) is 0 Å². The van der Waals surface area contributed by atoms with Crippen LogP contribution in [0, 0.1) is 0 Å². The normalized spacial score (nSPS) is 11.3. The highest BCUT2D eigenvalue weighted by atomic mass is 15.1. The van der Waals surface area contributed by atoms with Gasteiger partial charge in [-0.25, -0.2) is 0 Å². The Morgan fingerprint density at radius 1 is 0.333 bits per heavy atom. The van der Waals surface area contributed by atoms with Gasteiger partial charge in [-0.15, -0.1) is 0 Å². The number of nitrogens with one attached hydrogen (secondary N) is 1. The summed E-state index contributed by atoms with van der Waals surface area (Å²) in [5, 5.41) is 13.5. The molecule has 0 unspecified atom stereocenters. The summed E-state index contributed by atoms with van der Waals surface area (Å²) in [7, 11) is 0. The summed E-state index contributed by atoms with van der Waals surface area (Å²) in [6, 6.07) is 58.7. The average Bonchev–Trinajstić information content (AvgIpc) is 3.06. The van der Waals surface area contributed by atoms with Gasteiger partial charge in [0.2, 0.25) is 0 Å². The summed E-state index contributed by atoms with van der Waals surface area (Å²) in [4.78, 5) is 2.39. The molecule has 0 amide bonds. The first-order valence-corrected chi connectivity index (χ1v) is 14.4. The molecule has 0 saturated heterocycles. The number of hydrogen-bond acceptors (Lipinski definition) is 2. The number of hydrogen-bond donors (Lipinski definition) is 1. The van der Waals surface area contributed by atoms with Crippen molar-refractivity contribution in [3.8, 4) is 0 Å². The van der Waals surface area contributed by atoms with E-state index in [1.54, 1.807) is 0 Å². The van der Waals surface area contributed by atoms with E-state index >= 15 is 0 Å². The Bertz CT molecular complexity index is 2220. The minimum Gasteiger partial charge on any atom is -0.356 e. The van der Waals surface area contributed by atoms with Gasteiger partial charge < -0.3 is 10.2 Å². The van der Waals surface area contributed by atoms with Crippen molar-refractivity contribution in [1.29, 1.82) is 0 Å². The van der Waals surface area contributed by atoms with Crippen LogP contribution in [0.3, 0.4) is 0 Å². The smallest absolute Gasteiger partial charge is 0.0546 e. The predicted octanol–water partition coefficient (Wildman–Crippen LogP) is 11.5. The van der Waals surface area contributed by atoms with Crippen LogP contribution in [0.4, 0.5) is 28.4 Å². The molecule has 1 N–H and O–H groups in total. The lowest BCUT2D eigenvalue weighted by Crippen LogP contribution is -2.10. The summed E-state index contributed by atoms with van der Waals surface area (Å²) in [5.41, 5.74) is 5.62. The Morgan fingerprint density at radius 2 is 0.905 bits per heavy atom. The second-order valence-electron chi connectivity index (χ2n) is 10.7. The SMILES string of the molecule is c1ccc(Nc2ccc3c(ccc4cc(N(c5ccccc5)c5cc6ccccc6c6ccccc56)ccc43)c2)cc1. The monoisotopic (exact) mass is 536 g/mol. The van der Waals surface area contributed by atoms with Gasteiger partial charge in [-0.3, -0.25) is 0 Å². The van der Waals surface area contributed by atoms with Crippen molar-refractivity contribution < 1.29 is 0 Å². The van der Waals surface area contributed by atoms with Gasteiger partial charge in [-0.1, -0.05) is 109 Å². The maximum Gasteiger partial charge on any atom is 0.0546 e. The molecule has 8 aromatic rings. The molecule has 0 aliphatic rings. The van der Waals surface area contributed by atoms with E-state index in [1.807, 2.05) is 18.2 Å². The first kappa shape index (κ1) is 24.2. The van der Waals surface area contributed by atoms with Crippen LogP contribution in [0.15, 0.2) is 164 Å². The molecule has 0 aromatic heterocycles. The fourth-order valence-corrected chi connectivity index (χ4v) is 6.19. The second kappa shape index (κ2) is 10.1. The van der Waals surface area contributed by atoms with Crippen molar-refractivity contribution in [3.63, 3.8) is 0 Å². The van der Waals surface area contributed by atoms with Gasteiger partial charge >= 0.3 is 0 Å². The maximum absolute atomic E-state index is 3.53. The molecule has 8 rings (SSSR count). The highest BCUT2D eigenvalue weighted by molar-refractivity contribution is 6.15. The van der Waals surface area contributed by atoms with Crippen LogP contribution >= 0.6 is 0 Å². The van der Waals surface area contributed by atoms with E-state index in [2.05, 4.69) is 156 Å². The molecule has 2 heteroatoms. The van der Waals surface area contributed by atoms with Crippen LogP contribution in [0.5, 0.6) is 0 Å². The maximum atomic E-state index is 3.53. The third kappa shape index (κ3) is 4.22. The molecule has 0 fully saturated rings. The van der Waals surface area contributed by atoms with Crippen molar-refractivity contribution in [2.75, 3.05) is 10.2 Å². The average molecular weight is 537 g/mol. The van der Waals surface area contributed by atoms with Crippen molar-refractivity contribution in [1.82, 2.24) is 0 Å². The molecule has 0 radical (unpaired) electrons. The van der Waals surface area contributed by atoms with Crippen LogP contribution in [0.1, 0.15) is 0 Å². The fourth-order valence-electron chi connectivity index (χ4n) is 6.19. The number of fused-ring (bicyclic) bond motifs is 6. The molecule has 0 atom stereocenters. The largest absolute Gasteiger partial charge is 0.356 e. The molecule has 0 heterocycles. The molecule has 0 aliphatic heterocycles. The molecule has 42 heavy (non-hydrogen) atoms. The molecule has 0 saturated carbocycles. The quantitative estimate of drug-likeness (QED) is 0.220. The zero-order valence-electron chi connectivity index (χ0n) is 23.0. The van der Waals surface area contributed by atoms with Crippen molar-refractivity contribution in [2.24, 2.45) is 0 Å². The van der Waals surface area contributed by atoms with Gasteiger partial charge in [0.15, 0.2) is 0 Å². The Morgan fingerprint density at radius 3 is 1.69 bits per heavy atom. The lowest BCUT2D eigenvalue weighted by Gasteiger charge is -2.28. The molecule has 8 aromatic carbocycles.